The maximum absolute atomic E-state index is 14.1. The molecule has 0 radical (unpaired) electrons. The molecule has 138 valence electrons. The summed E-state index contributed by atoms with van der Waals surface area (Å²) in [5.41, 5.74) is 0.0293. The van der Waals surface area contributed by atoms with Crippen LogP contribution in [0.25, 0.3) is 0 Å². The summed E-state index contributed by atoms with van der Waals surface area (Å²) in [5.74, 6) is -2.60. The maximum atomic E-state index is 14.1. The molecule has 0 unspecified atom stereocenters. The van der Waals surface area contributed by atoms with Crippen molar-refractivity contribution in [2.24, 2.45) is 0 Å². The number of piperidine rings is 1. The molecule has 0 aromatic heterocycles. The molecule has 7 heteroatoms. The molecule has 1 atom stereocenters. The van der Waals surface area contributed by atoms with Crippen molar-refractivity contribution in [3.63, 3.8) is 0 Å². The number of hydrogen-bond donors (Lipinski definition) is 1. The summed E-state index contributed by atoms with van der Waals surface area (Å²) < 4.78 is 27.2. The summed E-state index contributed by atoms with van der Waals surface area (Å²) in [4.78, 5) is 18.3. The fourth-order valence-electron chi connectivity index (χ4n) is 3.93. The van der Waals surface area contributed by atoms with Gasteiger partial charge in [0.25, 0.3) is 0 Å². The zero-order valence-electron chi connectivity index (χ0n) is 14.5. The lowest BCUT2D eigenvalue weighted by molar-refractivity contribution is -0.144. The van der Waals surface area contributed by atoms with E-state index in [4.69, 9.17) is 0 Å². The standard InChI is InChI=1S/C18H25F2N3O2/c1-21-6-4-14(5-7-21)22-8-10-23(11-9-22)17(18(24)25)15-3-2-13(19)12-16(15)20/h2-3,12,14,17H,4-11H2,1H3,(H,24,25)/t17-/m1/s1. The van der Waals surface area contributed by atoms with Crippen molar-refractivity contribution in [1.29, 1.82) is 0 Å². The van der Waals surface area contributed by atoms with Gasteiger partial charge in [-0.3, -0.25) is 14.6 Å². The number of carboxylic acids is 1. The van der Waals surface area contributed by atoms with E-state index in [2.05, 4.69) is 16.8 Å². The summed E-state index contributed by atoms with van der Waals surface area (Å²) in [5, 5.41) is 9.60. The Morgan fingerprint density at radius 2 is 1.76 bits per heavy atom. The molecular weight excluding hydrogens is 328 g/mol. The Balaban J connectivity index is 1.66. The summed E-state index contributed by atoms with van der Waals surface area (Å²) in [7, 11) is 2.13. The molecule has 2 heterocycles. The molecule has 5 nitrogen and oxygen atoms in total. The Labute approximate surface area is 146 Å². The van der Waals surface area contributed by atoms with Gasteiger partial charge in [-0.25, -0.2) is 8.78 Å². The first-order chi connectivity index (χ1) is 12.0. The molecule has 1 N–H and O–H groups in total. The van der Waals surface area contributed by atoms with Gasteiger partial charge in [-0.2, -0.15) is 0 Å². The number of likely N-dealkylation sites (tertiary alicyclic amines) is 1. The van der Waals surface area contributed by atoms with Gasteiger partial charge in [0.05, 0.1) is 0 Å². The van der Waals surface area contributed by atoms with Crippen LogP contribution >= 0.6 is 0 Å². The molecule has 0 bridgehead atoms. The van der Waals surface area contributed by atoms with E-state index in [9.17, 15) is 18.7 Å². The molecule has 1 aromatic rings. The van der Waals surface area contributed by atoms with E-state index < -0.39 is 23.6 Å². The van der Waals surface area contributed by atoms with Crippen molar-refractivity contribution in [2.45, 2.75) is 24.9 Å². The van der Waals surface area contributed by atoms with Crippen LogP contribution in [0.5, 0.6) is 0 Å². The predicted molar refractivity (Wildman–Crippen MR) is 90.4 cm³/mol. The molecule has 0 amide bonds. The Kier molecular flexibility index (Phi) is 5.66. The third-order valence-corrected chi connectivity index (χ3v) is 5.41. The monoisotopic (exact) mass is 353 g/mol. The number of nitrogens with zero attached hydrogens (tertiary/aromatic N) is 3. The van der Waals surface area contributed by atoms with E-state index in [1.54, 1.807) is 4.90 Å². The zero-order chi connectivity index (χ0) is 18.0. The lowest BCUT2D eigenvalue weighted by atomic mass is 10.0. The van der Waals surface area contributed by atoms with Crippen molar-refractivity contribution in [2.75, 3.05) is 46.3 Å². The summed E-state index contributed by atoms with van der Waals surface area (Å²) >= 11 is 0. The SMILES string of the molecule is CN1CCC(N2CCN([C@@H](C(=O)O)c3ccc(F)cc3F)CC2)CC1. The van der Waals surface area contributed by atoms with Crippen LogP contribution in [0.15, 0.2) is 18.2 Å². The molecule has 3 rings (SSSR count). The lowest BCUT2D eigenvalue weighted by Crippen LogP contribution is -2.54. The quantitative estimate of drug-likeness (QED) is 0.895. The van der Waals surface area contributed by atoms with E-state index in [0.717, 1.165) is 51.2 Å². The molecule has 1 aromatic carbocycles. The van der Waals surface area contributed by atoms with Gasteiger partial charge < -0.3 is 10.0 Å². The normalized spacial score (nSPS) is 22.8. The summed E-state index contributed by atoms with van der Waals surface area (Å²) in [6.07, 6.45) is 2.26. The third-order valence-electron chi connectivity index (χ3n) is 5.41. The first-order valence-electron chi connectivity index (χ1n) is 8.80. The topological polar surface area (TPSA) is 47.0 Å². The number of halogens is 2. The number of piperazine rings is 1. The molecule has 2 saturated heterocycles. The van der Waals surface area contributed by atoms with E-state index in [1.807, 2.05) is 0 Å². The zero-order valence-corrected chi connectivity index (χ0v) is 14.5. The fourth-order valence-corrected chi connectivity index (χ4v) is 3.93. The average Bonchev–Trinajstić information content (AvgIpc) is 2.58. The van der Waals surface area contributed by atoms with E-state index >= 15 is 0 Å². The summed E-state index contributed by atoms with van der Waals surface area (Å²) in [6, 6.07) is 2.58. The van der Waals surface area contributed by atoms with E-state index in [-0.39, 0.29) is 5.56 Å². The second kappa shape index (κ2) is 7.76. The second-order valence-electron chi connectivity index (χ2n) is 7.01. The Hall–Kier alpha value is -1.57. The largest absolute Gasteiger partial charge is 0.480 e. The molecule has 2 fully saturated rings. The summed E-state index contributed by atoms with van der Waals surface area (Å²) in [6.45, 7) is 4.87. The van der Waals surface area contributed by atoms with Gasteiger partial charge in [0.2, 0.25) is 0 Å². The van der Waals surface area contributed by atoms with Crippen LogP contribution in [0.3, 0.4) is 0 Å². The second-order valence-corrected chi connectivity index (χ2v) is 7.01. The Morgan fingerprint density at radius 1 is 1.12 bits per heavy atom. The number of hydrogen-bond acceptors (Lipinski definition) is 4. The van der Waals surface area contributed by atoms with Crippen molar-refractivity contribution < 1.29 is 18.7 Å². The number of rotatable bonds is 4. The molecular formula is C18H25F2N3O2. The molecule has 25 heavy (non-hydrogen) atoms. The highest BCUT2D eigenvalue weighted by atomic mass is 19.1. The minimum absolute atomic E-state index is 0.0293. The van der Waals surface area contributed by atoms with Crippen molar-refractivity contribution in [1.82, 2.24) is 14.7 Å². The van der Waals surface area contributed by atoms with Gasteiger partial charge in [-0.05, 0) is 39.0 Å². The predicted octanol–water partition coefficient (Wildman–Crippen LogP) is 1.80. The lowest BCUT2D eigenvalue weighted by Gasteiger charge is -2.43. The Bertz CT molecular complexity index is 612. The average molecular weight is 353 g/mol. The van der Waals surface area contributed by atoms with Crippen LogP contribution in [-0.2, 0) is 4.79 Å². The minimum Gasteiger partial charge on any atom is -0.480 e. The van der Waals surface area contributed by atoms with Crippen LogP contribution in [0.4, 0.5) is 8.78 Å². The van der Waals surface area contributed by atoms with Gasteiger partial charge in [-0.1, -0.05) is 6.07 Å². The van der Waals surface area contributed by atoms with Gasteiger partial charge >= 0.3 is 5.97 Å². The van der Waals surface area contributed by atoms with Crippen LogP contribution < -0.4 is 0 Å². The van der Waals surface area contributed by atoms with Crippen LogP contribution in [-0.4, -0.2) is 78.1 Å². The van der Waals surface area contributed by atoms with Gasteiger partial charge in [0.15, 0.2) is 0 Å². The number of benzene rings is 1. The first kappa shape index (κ1) is 18.2. The maximum Gasteiger partial charge on any atom is 0.325 e. The number of carbonyl (C=O) groups is 1. The smallest absolute Gasteiger partial charge is 0.325 e. The molecule has 0 spiro atoms. The van der Waals surface area contributed by atoms with Crippen LogP contribution in [0.2, 0.25) is 0 Å². The van der Waals surface area contributed by atoms with E-state index in [1.165, 1.54) is 6.07 Å². The molecule has 0 aliphatic carbocycles. The highest BCUT2D eigenvalue weighted by Crippen LogP contribution is 2.27. The first-order valence-corrected chi connectivity index (χ1v) is 8.80. The van der Waals surface area contributed by atoms with Crippen LogP contribution in [0.1, 0.15) is 24.4 Å². The number of carboxylic acid groups (broad SMARTS) is 1. The van der Waals surface area contributed by atoms with E-state index in [0.29, 0.717) is 19.1 Å². The van der Waals surface area contributed by atoms with Crippen molar-refractivity contribution in [3.8, 4) is 0 Å². The third kappa shape index (κ3) is 4.16. The van der Waals surface area contributed by atoms with Crippen LogP contribution in [0, 0.1) is 11.6 Å². The number of aliphatic carboxylic acids is 1. The van der Waals surface area contributed by atoms with Gasteiger partial charge in [0, 0.05) is 43.9 Å². The highest BCUT2D eigenvalue weighted by molar-refractivity contribution is 5.75. The molecule has 0 saturated carbocycles. The van der Waals surface area contributed by atoms with Gasteiger partial charge in [-0.15, -0.1) is 0 Å². The van der Waals surface area contributed by atoms with Crippen molar-refractivity contribution in [3.05, 3.63) is 35.4 Å². The fraction of sp³-hybridized carbons (Fsp3) is 0.611. The minimum atomic E-state index is -1.10. The Morgan fingerprint density at radius 3 is 2.32 bits per heavy atom. The molecule has 2 aliphatic heterocycles. The highest BCUT2D eigenvalue weighted by Gasteiger charge is 2.34. The van der Waals surface area contributed by atoms with Gasteiger partial charge in [0.1, 0.15) is 17.7 Å². The molecule has 2 aliphatic rings. The van der Waals surface area contributed by atoms with Crippen molar-refractivity contribution >= 4 is 5.97 Å².